The van der Waals surface area contributed by atoms with E-state index in [9.17, 15) is 9.59 Å². The highest BCUT2D eigenvalue weighted by Gasteiger charge is 2.06. The molecule has 0 aliphatic carbocycles. The van der Waals surface area contributed by atoms with Crippen LogP contribution in [-0.4, -0.2) is 9.55 Å². The summed E-state index contributed by atoms with van der Waals surface area (Å²) in [6.07, 6.45) is 1.26. The molecule has 0 bridgehead atoms. The predicted octanol–water partition coefficient (Wildman–Crippen LogP) is 1.55. The first-order valence-corrected chi connectivity index (χ1v) is 5.94. The fourth-order valence-electron chi connectivity index (χ4n) is 2.07. The van der Waals surface area contributed by atoms with Gasteiger partial charge in [0, 0.05) is 6.20 Å². The van der Waals surface area contributed by atoms with E-state index in [4.69, 9.17) is 5.26 Å². The van der Waals surface area contributed by atoms with Gasteiger partial charge in [-0.3, -0.25) is 14.3 Å². The van der Waals surface area contributed by atoms with Crippen LogP contribution < -0.4 is 11.2 Å². The number of H-pyrrole nitrogens is 1. The molecule has 1 aromatic heterocycles. The predicted molar refractivity (Wildman–Crippen MR) is 74.9 cm³/mol. The van der Waals surface area contributed by atoms with Crippen molar-refractivity contribution in [2.45, 2.75) is 0 Å². The highest BCUT2D eigenvalue weighted by atomic mass is 16.2. The largest absolute Gasteiger partial charge is 0.332 e. The summed E-state index contributed by atoms with van der Waals surface area (Å²) < 4.78 is 1.26. The minimum Gasteiger partial charge on any atom is -0.273 e. The Labute approximate surface area is 113 Å². The molecule has 0 fully saturated rings. The summed E-state index contributed by atoms with van der Waals surface area (Å²) in [7, 11) is 0. The maximum atomic E-state index is 11.8. The van der Waals surface area contributed by atoms with Crippen LogP contribution in [-0.2, 0) is 0 Å². The Hall–Kier alpha value is -3.13. The van der Waals surface area contributed by atoms with Gasteiger partial charge < -0.3 is 0 Å². The van der Waals surface area contributed by atoms with Crippen LogP contribution in [0.4, 0.5) is 0 Å². The van der Waals surface area contributed by atoms with Gasteiger partial charge in [-0.1, -0.05) is 30.3 Å². The topological polar surface area (TPSA) is 78.7 Å². The van der Waals surface area contributed by atoms with Crippen molar-refractivity contribution in [3.05, 3.63) is 75.1 Å². The van der Waals surface area contributed by atoms with E-state index < -0.39 is 11.2 Å². The number of rotatable bonds is 1. The van der Waals surface area contributed by atoms with Crippen molar-refractivity contribution in [3.8, 4) is 11.8 Å². The summed E-state index contributed by atoms with van der Waals surface area (Å²) in [6, 6.07) is 15.0. The van der Waals surface area contributed by atoms with Gasteiger partial charge in [0.25, 0.3) is 5.56 Å². The molecule has 2 aromatic carbocycles. The molecule has 3 aromatic rings. The Kier molecular flexibility index (Phi) is 2.70. The van der Waals surface area contributed by atoms with Crippen LogP contribution in [0.1, 0.15) is 5.56 Å². The fourth-order valence-corrected chi connectivity index (χ4v) is 2.07. The Bertz CT molecular complexity index is 961. The number of fused-ring (bicyclic) bond motifs is 1. The number of nitrogens with zero attached hydrogens (tertiary/aromatic N) is 2. The van der Waals surface area contributed by atoms with Crippen LogP contribution >= 0.6 is 0 Å². The zero-order valence-corrected chi connectivity index (χ0v) is 10.3. The SMILES string of the molecule is N#Cc1cn(-c2ccc3ccccc3c2)c(=O)[nH]c1=O. The van der Waals surface area contributed by atoms with Crippen LogP contribution in [0.25, 0.3) is 16.5 Å². The third kappa shape index (κ3) is 1.89. The number of aromatic amines is 1. The van der Waals surface area contributed by atoms with Crippen LogP contribution in [0.5, 0.6) is 0 Å². The lowest BCUT2D eigenvalue weighted by Crippen LogP contribution is -2.30. The number of hydrogen-bond acceptors (Lipinski definition) is 3. The van der Waals surface area contributed by atoms with E-state index in [2.05, 4.69) is 4.98 Å². The van der Waals surface area contributed by atoms with Crippen molar-refractivity contribution in [2.24, 2.45) is 0 Å². The van der Waals surface area contributed by atoms with E-state index >= 15 is 0 Å². The first-order valence-electron chi connectivity index (χ1n) is 5.94. The summed E-state index contributed by atoms with van der Waals surface area (Å²) in [5.41, 5.74) is -0.738. The maximum Gasteiger partial charge on any atom is 0.332 e. The van der Waals surface area contributed by atoms with E-state index in [0.29, 0.717) is 5.69 Å². The molecule has 0 spiro atoms. The van der Waals surface area contributed by atoms with Crippen molar-refractivity contribution < 1.29 is 0 Å². The average Bonchev–Trinajstić information content (AvgIpc) is 2.47. The normalized spacial score (nSPS) is 10.3. The number of benzene rings is 2. The zero-order chi connectivity index (χ0) is 14.1. The molecule has 0 atom stereocenters. The van der Waals surface area contributed by atoms with Gasteiger partial charge in [0.2, 0.25) is 0 Å². The molecule has 0 saturated heterocycles. The molecule has 20 heavy (non-hydrogen) atoms. The molecule has 5 nitrogen and oxygen atoms in total. The van der Waals surface area contributed by atoms with Crippen molar-refractivity contribution in [3.63, 3.8) is 0 Å². The summed E-state index contributed by atoms with van der Waals surface area (Å²) in [5.74, 6) is 0. The van der Waals surface area contributed by atoms with Gasteiger partial charge in [0.1, 0.15) is 11.6 Å². The second-order valence-electron chi connectivity index (χ2n) is 4.32. The van der Waals surface area contributed by atoms with E-state index in [1.807, 2.05) is 36.4 Å². The molecule has 0 aliphatic heterocycles. The highest BCUT2D eigenvalue weighted by Crippen LogP contribution is 2.17. The molecule has 0 saturated carbocycles. The lowest BCUT2D eigenvalue weighted by atomic mass is 10.1. The van der Waals surface area contributed by atoms with Crippen molar-refractivity contribution in [2.75, 3.05) is 0 Å². The molecule has 0 aliphatic rings. The summed E-state index contributed by atoms with van der Waals surface area (Å²) in [4.78, 5) is 25.4. The molecule has 96 valence electrons. The monoisotopic (exact) mass is 263 g/mol. The Morgan fingerprint density at radius 2 is 1.80 bits per heavy atom. The van der Waals surface area contributed by atoms with Crippen LogP contribution in [0.3, 0.4) is 0 Å². The summed E-state index contributed by atoms with van der Waals surface area (Å²) in [6.45, 7) is 0. The van der Waals surface area contributed by atoms with E-state index in [0.717, 1.165) is 10.8 Å². The molecule has 0 amide bonds. The minimum atomic E-state index is -0.672. The molecular weight excluding hydrogens is 254 g/mol. The standard InChI is InChI=1S/C15H9N3O2/c16-8-12-9-18(15(20)17-14(12)19)13-6-5-10-3-1-2-4-11(10)7-13/h1-7,9H,(H,17,19,20). The second-order valence-corrected chi connectivity index (χ2v) is 4.32. The molecule has 0 unspecified atom stereocenters. The lowest BCUT2D eigenvalue weighted by Gasteiger charge is -2.06. The second kappa shape index (κ2) is 4.52. The third-order valence-electron chi connectivity index (χ3n) is 3.07. The first kappa shape index (κ1) is 11.9. The Balaban J connectivity index is 2.28. The van der Waals surface area contributed by atoms with E-state index in [-0.39, 0.29) is 5.56 Å². The summed E-state index contributed by atoms with van der Waals surface area (Å²) >= 11 is 0. The Morgan fingerprint density at radius 1 is 1.05 bits per heavy atom. The molecule has 1 N–H and O–H groups in total. The van der Waals surface area contributed by atoms with Crippen LogP contribution in [0.15, 0.2) is 58.3 Å². The van der Waals surface area contributed by atoms with Crippen molar-refractivity contribution in [1.29, 1.82) is 5.26 Å². The number of aromatic nitrogens is 2. The highest BCUT2D eigenvalue weighted by molar-refractivity contribution is 5.84. The van der Waals surface area contributed by atoms with Crippen LogP contribution in [0.2, 0.25) is 0 Å². The molecular formula is C15H9N3O2. The van der Waals surface area contributed by atoms with Gasteiger partial charge in [0.15, 0.2) is 0 Å². The smallest absolute Gasteiger partial charge is 0.273 e. The third-order valence-corrected chi connectivity index (χ3v) is 3.07. The van der Waals surface area contributed by atoms with Gasteiger partial charge in [0.05, 0.1) is 5.69 Å². The molecule has 0 radical (unpaired) electrons. The summed E-state index contributed by atoms with van der Waals surface area (Å²) in [5, 5.41) is 10.9. The van der Waals surface area contributed by atoms with Crippen molar-refractivity contribution >= 4 is 10.8 Å². The zero-order valence-electron chi connectivity index (χ0n) is 10.3. The molecule has 5 heteroatoms. The lowest BCUT2D eigenvalue weighted by molar-refractivity contribution is 0.890. The quantitative estimate of drug-likeness (QED) is 0.723. The Morgan fingerprint density at radius 3 is 2.55 bits per heavy atom. The van der Waals surface area contributed by atoms with Crippen molar-refractivity contribution in [1.82, 2.24) is 9.55 Å². The van der Waals surface area contributed by atoms with E-state index in [1.54, 1.807) is 12.1 Å². The molecule has 1 heterocycles. The number of nitrogens with one attached hydrogen (secondary N) is 1. The van der Waals surface area contributed by atoms with Crippen LogP contribution in [0, 0.1) is 11.3 Å². The molecule has 3 rings (SSSR count). The van der Waals surface area contributed by atoms with E-state index in [1.165, 1.54) is 10.8 Å². The number of nitriles is 1. The maximum absolute atomic E-state index is 11.8. The minimum absolute atomic E-state index is 0.0993. The van der Waals surface area contributed by atoms with Gasteiger partial charge >= 0.3 is 5.69 Å². The van der Waals surface area contributed by atoms with Gasteiger partial charge in [-0.05, 0) is 22.9 Å². The average molecular weight is 263 g/mol. The van der Waals surface area contributed by atoms with Gasteiger partial charge in [-0.25, -0.2) is 4.79 Å². The number of hydrogen-bond donors (Lipinski definition) is 1. The van der Waals surface area contributed by atoms with Gasteiger partial charge in [-0.15, -0.1) is 0 Å². The van der Waals surface area contributed by atoms with Gasteiger partial charge in [-0.2, -0.15) is 5.26 Å². The first-order chi connectivity index (χ1) is 9.69. The fraction of sp³-hybridized carbons (Fsp3) is 0.